The molecule has 0 aliphatic rings. The molecule has 0 saturated heterocycles. The maximum atomic E-state index is 12.0. The Hall–Kier alpha value is -1.88. The molecular weight excluding hydrogens is 326 g/mol. The molecule has 5 nitrogen and oxygen atoms in total. The highest BCUT2D eigenvalue weighted by atomic mass is 16.2. The summed E-state index contributed by atoms with van der Waals surface area (Å²) >= 11 is 0. The molecule has 1 aromatic carbocycles. The predicted molar refractivity (Wildman–Crippen MR) is 107 cm³/mol. The molecule has 0 heterocycles. The maximum Gasteiger partial charge on any atom is 0.239 e. The van der Waals surface area contributed by atoms with E-state index in [2.05, 4.69) is 74.8 Å². The van der Waals surface area contributed by atoms with Crippen LogP contribution in [0.1, 0.15) is 65.1 Å². The van der Waals surface area contributed by atoms with Crippen molar-refractivity contribution in [2.75, 3.05) is 19.6 Å². The SMILES string of the molecule is CCCNC(=O)CNC(=O)CN[C@@H](c1ccc(C(C)(C)C)cc1)C(C)C. The molecule has 1 atom stereocenters. The van der Waals surface area contributed by atoms with Crippen LogP contribution in [-0.2, 0) is 15.0 Å². The van der Waals surface area contributed by atoms with Gasteiger partial charge in [0.25, 0.3) is 0 Å². The standard InChI is InChI=1S/C21H35N3O2/c1-7-12-22-18(25)13-23-19(26)14-24-20(15(2)3)16-8-10-17(11-9-16)21(4,5)6/h8-11,15,20,24H,7,12-14H2,1-6H3,(H,22,25)(H,23,26)/t20-/m1/s1. The van der Waals surface area contributed by atoms with Crippen molar-refractivity contribution in [2.24, 2.45) is 5.92 Å². The number of hydrogen-bond donors (Lipinski definition) is 3. The summed E-state index contributed by atoms with van der Waals surface area (Å²) < 4.78 is 0. The van der Waals surface area contributed by atoms with E-state index in [4.69, 9.17) is 0 Å². The van der Waals surface area contributed by atoms with Crippen molar-refractivity contribution < 1.29 is 9.59 Å². The number of carbonyl (C=O) groups excluding carboxylic acids is 2. The minimum absolute atomic E-state index is 0.0210. The van der Waals surface area contributed by atoms with Crippen molar-refractivity contribution in [3.8, 4) is 0 Å². The van der Waals surface area contributed by atoms with E-state index in [0.717, 1.165) is 6.42 Å². The van der Waals surface area contributed by atoms with E-state index in [9.17, 15) is 9.59 Å². The van der Waals surface area contributed by atoms with Crippen LogP contribution in [0.2, 0.25) is 0 Å². The van der Waals surface area contributed by atoms with Crippen LogP contribution in [0.4, 0.5) is 0 Å². The molecule has 0 radical (unpaired) electrons. The van der Waals surface area contributed by atoms with Gasteiger partial charge in [-0.1, -0.05) is 65.8 Å². The summed E-state index contributed by atoms with van der Waals surface area (Å²) in [6.45, 7) is 13.7. The highest BCUT2D eigenvalue weighted by molar-refractivity contribution is 5.85. The Morgan fingerprint density at radius 1 is 0.962 bits per heavy atom. The second-order valence-electron chi connectivity index (χ2n) is 8.10. The molecule has 0 fully saturated rings. The first-order chi connectivity index (χ1) is 12.1. The molecule has 1 rings (SSSR count). The van der Waals surface area contributed by atoms with Crippen LogP contribution in [0.3, 0.4) is 0 Å². The highest BCUT2D eigenvalue weighted by Gasteiger charge is 2.19. The third kappa shape index (κ3) is 7.56. The van der Waals surface area contributed by atoms with Gasteiger partial charge >= 0.3 is 0 Å². The first kappa shape index (κ1) is 22.2. The summed E-state index contributed by atoms with van der Waals surface area (Å²) in [4.78, 5) is 23.6. The van der Waals surface area contributed by atoms with Gasteiger partial charge in [0.2, 0.25) is 11.8 Å². The molecule has 5 heteroatoms. The van der Waals surface area contributed by atoms with Crippen molar-refractivity contribution >= 4 is 11.8 Å². The average Bonchev–Trinajstić information content (AvgIpc) is 2.57. The molecule has 0 saturated carbocycles. The first-order valence-electron chi connectivity index (χ1n) is 9.52. The van der Waals surface area contributed by atoms with Crippen molar-refractivity contribution in [1.82, 2.24) is 16.0 Å². The van der Waals surface area contributed by atoms with E-state index in [0.29, 0.717) is 12.5 Å². The minimum atomic E-state index is -0.173. The second kappa shape index (κ2) is 10.3. The van der Waals surface area contributed by atoms with Gasteiger partial charge in [-0.25, -0.2) is 0 Å². The van der Waals surface area contributed by atoms with E-state index in [-0.39, 0.29) is 36.4 Å². The minimum Gasteiger partial charge on any atom is -0.355 e. The van der Waals surface area contributed by atoms with Crippen molar-refractivity contribution in [2.45, 2.75) is 59.4 Å². The van der Waals surface area contributed by atoms with Crippen molar-refractivity contribution in [1.29, 1.82) is 0 Å². The molecule has 3 N–H and O–H groups in total. The third-order valence-electron chi connectivity index (χ3n) is 4.30. The monoisotopic (exact) mass is 361 g/mol. The zero-order valence-electron chi connectivity index (χ0n) is 17.1. The summed E-state index contributed by atoms with van der Waals surface area (Å²) in [5.41, 5.74) is 2.58. The Labute approximate surface area is 158 Å². The van der Waals surface area contributed by atoms with Gasteiger partial charge in [-0.05, 0) is 28.9 Å². The molecule has 2 amide bonds. The summed E-state index contributed by atoms with van der Waals surface area (Å²) in [6.07, 6.45) is 0.880. The molecule has 0 aromatic heterocycles. The zero-order valence-corrected chi connectivity index (χ0v) is 17.1. The fourth-order valence-corrected chi connectivity index (χ4v) is 2.70. The lowest BCUT2D eigenvalue weighted by Crippen LogP contribution is -2.42. The molecule has 0 unspecified atom stereocenters. The van der Waals surface area contributed by atoms with Gasteiger partial charge in [0.15, 0.2) is 0 Å². The van der Waals surface area contributed by atoms with Gasteiger partial charge < -0.3 is 16.0 Å². The summed E-state index contributed by atoms with van der Waals surface area (Å²) in [6, 6.07) is 8.67. The summed E-state index contributed by atoms with van der Waals surface area (Å²) in [5.74, 6) is 0.0168. The molecule has 1 aromatic rings. The van der Waals surface area contributed by atoms with E-state index in [1.54, 1.807) is 0 Å². The van der Waals surface area contributed by atoms with Crippen LogP contribution in [0.25, 0.3) is 0 Å². The summed E-state index contributed by atoms with van der Waals surface area (Å²) in [5, 5.41) is 8.71. The molecule has 146 valence electrons. The first-order valence-corrected chi connectivity index (χ1v) is 9.52. The smallest absolute Gasteiger partial charge is 0.239 e. The average molecular weight is 362 g/mol. The molecule has 0 spiro atoms. The normalized spacial score (nSPS) is 12.7. The number of hydrogen-bond acceptors (Lipinski definition) is 3. The lowest BCUT2D eigenvalue weighted by atomic mass is 9.85. The van der Waals surface area contributed by atoms with Gasteiger partial charge in [-0.3, -0.25) is 9.59 Å². The lowest BCUT2D eigenvalue weighted by molar-refractivity contribution is -0.125. The molecular formula is C21H35N3O2. The maximum absolute atomic E-state index is 12.0. The van der Waals surface area contributed by atoms with Crippen LogP contribution < -0.4 is 16.0 Å². The summed E-state index contributed by atoms with van der Waals surface area (Å²) in [7, 11) is 0. The van der Waals surface area contributed by atoms with Crippen LogP contribution in [0.5, 0.6) is 0 Å². The number of benzene rings is 1. The predicted octanol–water partition coefficient (Wildman–Crippen LogP) is 2.91. The van der Waals surface area contributed by atoms with Gasteiger partial charge in [0.05, 0.1) is 13.1 Å². The Morgan fingerprint density at radius 3 is 2.04 bits per heavy atom. The van der Waals surface area contributed by atoms with Crippen molar-refractivity contribution in [3.05, 3.63) is 35.4 Å². The lowest BCUT2D eigenvalue weighted by Gasteiger charge is -2.25. The van der Waals surface area contributed by atoms with Crippen LogP contribution in [-0.4, -0.2) is 31.4 Å². The van der Waals surface area contributed by atoms with Gasteiger partial charge in [-0.15, -0.1) is 0 Å². The Morgan fingerprint density at radius 2 is 1.54 bits per heavy atom. The van der Waals surface area contributed by atoms with Crippen LogP contribution in [0, 0.1) is 5.92 Å². The topological polar surface area (TPSA) is 70.2 Å². The quantitative estimate of drug-likeness (QED) is 0.633. The number of amides is 2. The zero-order chi connectivity index (χ0) is 19.7. The number of carbonyl (C=O) groups is 2. The van der Waals surface area contributed by atoms with E-state index in [1.165, 1.54) is 11.1 Å². The Balaban J connectivity index is 2.58. The van der Waals surface area contributed by atoms with Gasteiger partial charge in [0, 0.05) is 12.6 Å². The van der Waals surface area contributed by atoms with Gasteiger partial charge in [-0.2, -0.15) is 0 Å². The Kier molecular flexibility index (Phi) is 8.79. The molecule has 0 aliphatic heterocycles. The third-order valence-corrected chi connectivity index (χ3v) is 4.30. The van der Waals surface area contributed by atoms with E-state index < -0.39 is 0 Å². The molecule has 0 aliphatic carbocycles. The second-order valence-corrected chi connectivity index (χ2v) is 8.10. The molecule has 26 heavy (non-hydrogen) atoms. The van der Waals surface area contributed by atoms with Gasteiger partial charge in [0.1, 0.15) is 0 Å². The largest absolute Gasteiger partial charge is 0.355 e. The van der Waals surface area contributed by atoms with E-state index in [1.807, 2.05) is 6.92 Å². The van der Waals surface area contributed by atoms with Crippen LogP contribution >= 0.6 is 0 Å². The van der Waals surface area contributed by atoms with Crippen LogP contribution in [0.15, 0.2) is 24.3 Å². The van der Waals surface area contributed by atoms with E-state index >= 15 is 0 Å². The fourth-order valence-electron chi connectivity index (χ4n) is 2.70. The molecule has 0 bridgehead atoms. The Bertz CT molecular complexity index is 574. The number of rotatable bonds is 9. The van der Waals surface area contributed by atoms with Crippen molar-refractivity contribution in [3.63, 3.8) is 0 Å². The fraction of sp³-hybridized carbons (Fsp3) is 0.619. The highest BCUT2D eigenvalue weighted by Crippen LogP contribution is 2.26. The number of nitrogens with one attached hydrogen (secondary N) is 3.